The van der Waals surface area contributed by atoms with Gasteiger partial charge in [0.25, 0.3) is 0 Å². The number of hydrogen-bond donors (Lipinski definition) is 1. The predicted molar refractivity (Wildman–Crippen MR) is 55.4 cm³/mol. The Bertz CT molecular complexity index is 402. The summed E-state index contributed by atoms with van der Waals surface area (Å²) in [6.45, 7) is 1.45. The molecule has 0 aromatic heterocycles. The molecule has 0 aliphatic heterocycles. The lowest BCUT2D eigenvalue weighted by Crippen LogP contribution is -2.06. The molecule has 0 heterocycles. The minimum Gasteiger partial charge on any atom is -0.326 e. The second-order valence-electron chi connectivity index (χ2n) is 2.73. The Balaban J connectivity index is 2.98. The smallest absolute Gasteiger partial charge is 0.221 e. The molecule has 3 heteroatoms. The van der Waals surface area contributed by atoms with Crippen molar-refractivity contribution < 1.29 is 4.79 Å². The zero-order valence-electron chi connectivity index (χ0n) is 7.82. The van der Waals surface area contributed by atoms with Crippen molar-refractivity contribution in [2.45, 2.75) is 6.92 Å². The predicted octanol–water partition coefficient (Wildman–Crippen LogP) is 2.18. The Morgan fingerprint density at radius 1 is 1.50 bits per heavy atom. The summed E-state index contributed by atoms with van der Waals surface area (Å²) in [6.07, 6.45) is 3.03. The number of para-hydroxylation sites is 1. The molecule has 0 saturated heterocycles. The summed E-state index contributed by atoms with van der Waals surface area (Å²) in [5.74, 6) is -0.122. The summed E-state index contributed by atoms with van der Waals surface area (Å²) in [5, 5.41) is 11.1. The van der Waals surface area contributed by atoms with Crippen molar-refractivity contribution in [3.05, 3.63) is 35.9 Å². The van der Waals surface area contributed by atoms with E-state index in [9.17, 15) is 4.79 Å². The summed E-state index contributed by atoms with van der Waals surface area (Å²) >= 11 is 0. The molecule has 0 bridgehead atoms. The van der Waals surface area contributed by atoms with Gasteiger partial charge in [0.05, 0.1) is 6.07 Å². The van der Waals surface area contributed by atoms with E-state index in [-0.39, 0.29) is 5.91 Å². The van der Waals surface area contributed by atoms with Crippen molar-refractivity contribution in [2.24, 2.45) is 0 Å². The number of carbonyl (C=O) groups is 1. The van der Waals surface area contributed by atoms with Gasteiger partial charge in [0.15, 0.2) is 0 Å². The van der Waals surface area contributed by atoms with E-state index in [4.69, 9.17) is 5.26 Å². The van der Waals surface area contributed by atoms with Crippen LogP contribution in [0.4, 0.5) is 5.69 Å². The highest BCUT2D eigenvalue weighted by Gasteiger charge is 1.98. The molecule has 1 N–H and O–H groups in total. The standard InChI is InChI=1S/C11H10N2O/c1-9(14)13-11-7-3-2-5-10(11)6-4-8-12/h2-7H,1H3,(H,13,14). The van der Waals surface area contributed by atoms with Gasteiger partial charge in [-0.25, -0.2) is 0 Å². The highest BCUT2D eigenvalue weighted by molar-refractivity contribution is 5.91. The molecule has 0 aliphatic rings. The first-order valence-electron chi connectivity index (χ1n) is 4.17. The van der Waals surface area contributed by atoms with Crippen LogP contribution in [0.15, 0.2) is 30.3 Å². The molecule has 0 spiro atoms. The molecule has 1 amide bonds. The van der Waals surface area contributed by atoms with E-state index in [0.29, 0.717) is 5.69 Å². The summed E-state index contributed by atoms with van der Waals surface area (Å²) < 4.78 is 0. The molecule has 70 valence electrons. The number of nitrogens with zero attached hydrogens (tertiary/aromatic N) is 1. The average molecular weight is 186 g/mol. The quantitative estimate of drug-likeness (QED) is 0.719. The van der Waals surface area contributed by atoms with Gasteiger partial charge in [0, 0.05) is 18.7 Å². The Hall–Kier alpha value is -2.08. The second-order valence-corrected chi connectivity index (χ2v) is 2.73. The molecule has 0 atom stereocenters. The number of allylic oxidation sites excluding steroid dienone is 1. The summed E-state index contributed by atoms with van der Waals surface area (Å²) in [4.78, 5) is 10.8. The number of hydrogen-bond acceptors (Lipinski definition) is 2. The second kappa shape index (κ2) is 4.83. The first-order valence-corrected chi connectivity index (χ1v) is 4.17. The van der Waals surface area contributed by atoms with Gasteiger partial charge in [-0.15, -0.1) is 0 Å². The highest BCUT2D eigenvalue weighted by atomic mass is 16.1. The molecule has 3 nitrogen and oxygen atoms in total. The van der Waals surface area contributed by atoms with Crippen LogP contribution in [-0.4, -0.2) is 5.91 Å². The third kappa shape index (κ3) is 2.76. The van der Waals surface area contributed by atoms with Crippen LogP contribution in [0.3, 0.4) is 0 Å². The molecule has 0 unspecified atom stereocenters. The SMILES string of the molecule is CC(=O)Nc1ccccc1C=CC#N. The van der Waals surface area contributed by atoms with Crippen molar-refractivity contribution in [3.8, 4) is 6.07 Å². The zero-order chi connectivity index (χ0) is 10.4. The van der Waals surface area contributed by atoms with Crippen LogP contribution in [0.2, 0.25) is 0 Å². The summed E-state index contributed by atoms with van der Waals surface area (Å²) in [6, 6.07) is 9.20. The van der Waals surface area contributed by atoms with E-state index in [2.05, 4.69) is 5.32 Å². The van der Waals surface area contributed by atoms with Crippen LogP contribution in [0.1, 0.15) is 12.5 Å². The molecular formula is C11H10N2O. The highest BCUT2D eigenvalue weighted by Crippen LogP contribution is 2.16. The topological polar surface area (TPSA) is 52.9 Å². The Labute approximate surface area is 82.7 Å². The maximum atomic E-state index is 10.8. The van der Waals surface area contributed by atoms with Gasteiger partial charge in [0.2, 0.25) is 5.91 Å². The van der Waals surface area contributed by atoms with Crippen molar-refractivity contribution in [2.75, 3.05) is 5.32 Å². The lowest BCUT2D eigenvalue weighted by atomic mass is 10.1. The Morgan fingerprint density at radius 2 is 2.21 bits per heavy atom. The number of nitrogens with one attached hydrogen (secondary N) is 1. The molecule has 0 aliphatic carbocycles. The van der Waals surface area contributed by atoms with Gasteiger partial charge in [-0.1, -0.05) is 18.2 Å². The maximum absolute atomic E-state index is 10.8. The number of benzene rings is 1. The fourth-order valence-corrected chi connectivity index (χ4v) is 1.07. The lowest BCUT2D eigenvalue weighted by molar-refractivity contribution is -0.114. The number of nitriles is 1. The lowest BCUT2D eigenvalue weighted by Gasteiger charge is -2.04. The molecule has 1 aromatic rings. The van der Waals surface area contributed by atoms with Gasteiger partial charge >= 0.3 is 0 Å². The molecule has 1 aromatic carbocycles. The molecule has 0 radical (unpaired) electrons. The van der Waals surface area contributed by atoms with Crippen molar-refractivity contribution in [1.82, 2.24) is 0 Å². The Kier molecular flexibility index (Phi) is 3.45. The van der Waals surface area contributed by atoms with Gasteiger partial charge in [-0.05, 0) is 17.7 Å². The van der Waals surface area contributed by atoms with Crippen molar-refractivity contribution >= 4 is 17.7 Å². The van der Waals surface area contributed by atoms with Crippen LogP contribution in [0.25, 0.3) is 6.08 Å². The van der Waals surface area contributed by atoms with E-state index in [0.717, 1.165) is 5.56 Å². The fourth-order valence-electron chi connectivity index (χ4n) is 1.07. The van der Waals surface area contributed by atoms with Gasteiger partial charge in [0.1, 0.15) is 0 Å². The van der Waals surface area contributed by atoms with Gasteiger partial charge in [-0.3, -0.25) is 4.79 Å². The maximum Gasteiger partial charge on any atom is 0.221 e. The zero-order valence-corrected chi connectivity index (χ0v) is 7.82. The minimum atomic E-state index is -0.122. The van der Waals surface area contributed by atoms with E-state index in [1.165, 1.54) is 13.0 Å². The van der Waals surface area contributed by atoms with Gasteiger partial charge in [-0.2, -0.15) is 5.26 Å². The third-order valence-electron chi connectivity index (χ3n) is 1.61. The summed E-state index contributed by atoms with van der Waals surface area (Å²) in [7, 11) is 0. The number of carbonyl (C=O) groups excluding carboxylic acids is 1. The van der Waals surface area contributed by atoms with Gasteiger partial charge < -0.3 is 5.32 Å². The van der Waals surface area contributed by atoms with Crippen LogP contribution in [0, 0.1) is 11.3 Å². The molecule has 14 heavy (non-hydrogen) atoms. The third-order valence-corrected chi connectivity index (χ3v) is 1.61. The van der Waals surface area contributed by atoms with E-state index in [1.807, 2.05) is 24.3 Å². The molecule has 0 fully saturated rings. The van der Waals surface area contributed by atoms with E-state index in [1.54, 1.807) is 12.1 Å². The van der Waals surface area contributed by atoms with Crippen LogP contribution in [0.5, 0.6) is 0 Å². The first-order chi connectivity index (χ1) is 6.74. The molecule has 0 saturated carbocycles. The number of amides is 1. The van der Waals surface area contributed by atoms with Crippen LogP contribution >= 0.6 is 0 Å². The summed E-state index contributed by atoms with van der Waals surface area (Å²) in [5.41, 5.74) is 1.54. The van der Waals surface area contributed by atoms with E-state index >= 15 is 0 Å². The molecule has 1 rings (SSSR count). The number of anilines is 1. The van der Waals surface area contributed by atoms with Crippen molar-refractivity contribution in [3.63, 3.8) is 0 Å². The number of rotatable bonds is 2. The van der Waals surface area contributed by atoms with Crippen LogP contribution < -0.4 is 5.32 Å². The van der Waals surface area contributed by atoms with Crippen LogP contribution in [-0.2, 0) is 4.79 Å². The fraction of sp³-hybridized carbons (Fsp3) is 0.0909. The first kappa shape index (κ1) is 10.0. The minimum absolute atomic E-state index is 0.122. The Morgan fingerprint density at radius 3 is 2.86 bits per heavy atom. The largest absolute Gasteiger partial charge is 0.326 e. The van der Waals surface area contributed by atoms with E-state index < -0.39 is 0 Å². The normalized spacial score (nSPS) is 9.71. The average Bonchev–Trinajstić information content (AvgIpc) is 2.16. The van der Waals surface area contributed by atoms with Crippen molar-refractivity contribution in [1.29, 1.82) is 5.26 Å². The molecular weight excluding hydrogens is 176 g/mol. The monoisotopic (exact) mass is 186 g/mol.